The van der Waals surface area contributed by atoms with Crippen molar-refractivity contribution >= 4 is 38.3 Å². The van der Waals surface area contributed by atoms with Gasteiger partial charge in [0.15, 0.2) is 5.58 Å². The van der Waals surface area contributed by atoms with E-state index in [0.717, 1.165) is 0 Å². The van der Waals surface area contributed by atoms with E-state index in [4.69, 9.17) is 4.42 Å². The van der Waals surface area contributed by atoms with Crippen molar-refractivity contribution in [3.8, 4) is 0 Å². The first-order valence-electron chi connectivity index (χ1n) is 6.58. The first-order valence-corrected chi connectivity index (χ1v) is 7.46. The third-order valence-electron chi connectivity index (χ3n) is 3.37. The number of non-ortho nitro benzene ring substituents is 1. The number of fused-ring (bicyclic) bond motifs is 2. The Morgan fingerprint density at radius 1 is 1.30 bits per heavy atom. The Kier molecular flexibility index (Phi) is 2.95. The third-order valence-corrected chi connectivity index (χ3v) is 4.26. The van der Waals surface area contributed by atoms with Crippen molar-refractivity contribution in [2.75, 3.05) is 0 Å². The summed E-state index contributed by atoms with van der Waals surface area (Å²) in [7, 11) is 0. The van der Waals surface area contributed by atoms with Crippen LogP contribution in [-0.4, -0.2) is 19.5 Å². The van der Waals surface area contributed by atoms with Gasteiger partial charge in [0.25, 0.3) is 11.2 Å². The number of oxazole rings is 1. The van der Waals surface area contributed by atoms with Crippen LogP contribution in [0.5, 0.6) is 0 Å². The summed E-state index contributed by atoms with van der Waals surface area (Å²) in [5, 5.41) is 12.6. The largest absolute Gasteiger partial charge is 0.439 e. The van der Waals surface area contributed by atoms with E-state index in [1.54, 1.807) is 6.07 Å². The lowest BCUT2D eigenvalue weighted by molar-refractivity contribution is -0.384. The minimum absolute atomic E-state index is 0.0591. The molecule has 0 saturated heterocycles. The quantitative estimate of drug-likeness (QED) is 0.423. The normalized spacial score (nSPS) is 11.3. The van der Waals surface area contributed by atoms with Gasteiger partial charge in [-0.2, -0.15) is 0 Å². The van der Waals surface area contributed by atoms with Crippen LogP contribution in [0.1, 0.15) is 5.89 Å². The number of thiophene rings is 1. The molecular formula is C14H8N4O4S. The second kappa shape index (κ2) is 4.99. The predicted octanol–water partition coefficient (Wildman–Crippen LogP) is 2.56. The van der Waals surface area contributed by atoms with Crippen molar-refractivity contribution < 1.29 is 9.34 Å². The zero-order chi connectivity index (χ0) is 16.0. The molecule has 0 unspecified atom stereocenters. The SMILES string of the molecule is O=c1c2sccc2ncn1Cc1nc2cc([N+](=O)[O-])ccc2o1. The number of hydrogen-bond acceptors (Lipinski definition) is 7. The Morgan fingerprint density at radius 2 is 2.17 bits per heavy atom. The van der Waals surface area contributed by atoms with E-state index < -0.39 is 4.92 Å². The lowest BCUT2D eigenvalue weighted by Crippen LogP contribution is -2.20. The third kappa shape index (κ3) is 2.27. The Balaban J connectivity index is 1.75. The predicted molar refractivity (Wildman–Crippen MR) is 83.6 cm³/mol. The molecule has 4 rings (SSSR count). The second-order valence-corrected chi connectivity index (χ2v) is 5.75. The molecule has 0 fully saturated rings. The van der Waals surface area contributed by atoms with Crippen LogP contribution in [0, 0.1) is 10.1 Å². The molecule has 0 N–H and O–H groups in total. The molecule has 8 nitrogen and oxygen atoms in total. The molecule has 0 bridgehead atoms. The highest BCUT2D eigenvalue weighted by atomic mass is 32.1. The van der Waals surface area contributed by atoms with E-state index in [9.17, 15) is 14.9 Å². The molecule has 9 heteroatoms. The van der Waals surface area contributed by atoms with Crippen molar-refractivity contribution in [3.05, 3.63) is 62.3 Å². The lowest BCUT2D eigenvalue weighted by Gasteiger charge is -2.00. The standard InChI is InChI=1S/C14H8N4O4S/c19-14-13-9(3-4-23-13)15-7-17(14)6-12-16-10-5-8(18(20)21)1-2-11(10)22-12/h1-5,7H,6H2. The first-order chi connectivity index (χ1) is 11.1. The fourth-order valence-electron chi connectivity index (χ4n) is 2.28. The van der Waals surface area contributed by atoms with E-state index in [1.165, 1.54) is 40.4 Å². The van der Waals surface area contributed by atoms with E-state index in [0.29, 0.717) is 27.2 Å². The molecule has 0 aliphatic carbocycles. The topological polar surface area (TPSA) is 104 Å². The van der Waals surface area contributed by atoms with Crippen LogP contribution in [0.4, 0.5) is 5.69 Å². The van der Waals surface area contributed by atoms with Crippen LogP contribution < -0.4 is 5.56 Å². The van der Waals surface area contributed by atoms with Crippen LogP contribution in [0.3, 0.4) is 0 Å². The van der Waals surface area contributed by atoms with Gasteiger partial charge in [0, 0.05) is 12.1 Å². The van der Waals surface area contributed by atoms with Gasteiger partial charge in [0.1, 0.15) is 16.8 Å². The van der Waals surface area contributed by atoms with Gasteiger partial charge in [-0.25, -0.2) is 9.97 Å². The van der Waals surface area contributed by atoms with Gasteiger partial charge >= 0.3 is 0 Å². The molecule has 4 aromatic rings. The number of nitrogens with zero attached hydrogens (tertiary/aromatic N) is 4. The Bertz CT molecular complexity index is 1110. The summed E-state index contributed by atoms with van der Waals surface area (Å²) in [6, 6.07) is 5.96. The van der Waals surface area contributed by atoms with Crippen molar-refractivity contribution in [1.29, 1.82) is 0 Å². The molecule has 0 atom stereocenters. The van der Waals surface area contributed by atoms with Crippen molar-refractivity contribution in [2.45, 2.75) is 6.54 Å². The number of aromatic nitrogens is 3. The summed E-state index contributed by atoms with van der Waals surface area (Å²) < 4.78 is 7.51. The van der Waals surface area contributed by atoms with E-state index in [-0.39, 0.29) is 17.8 Å². The highest BCUT2D eigenvalue weighted by Crippen LogP contribution is 2.21. The number of nitro groups is 1. The molecule has 1 aromatic carbocycles. The Hall–Kier alpha value is -3.07. The maximum absolute atomic E-state index is 12.3. The molecule has 114 valence electrons. The molecule has 0 saturated carbocycles. The highest BCUT2D eigenvalue weighted by molar-refractivity contribution is 7.17. The van der Waals surface area contributed by atoms with Crippen LogP contribution in [0.2, 0.25) is 0 Å². The van der Waals surface area contributed by atoms with E-state index in [2.05, 4.69) is 9.97 Å². The average molecular weight is 328 g/mol. The summed E-state index contributed by atoms with van der Waals surface area (Å²) in [4.78, 5) is 31.0. The molecule has 23 heavy (non-hydrogen) atoms. The molecule has 3 aromatic heterocycles. The molecule has 0 amide bonds. The molecule has 0 spiro atoms. The minimum Gasteiger partial charge on any atom is -0.439 e. The molecular weight excluding hydrogens is 320 g/mol. The van der Waals surface area contributed by atoms with Gasteiger partial charge in [0.2, 0.25) is 5.89 Å². The van der Waals surface area contributed by atoms with Gasteiger partial charge in [-0.1, -0.05) is 0 Å². The van der Waals surface area contributed by atoms with Gasteiger partial charge < -0.3 is 4.42 Å². The fourth-order valence-corrected chi connectivity index (χ4v) is 3.07. The van der Waals surface area contributed by atoms with Crippen LogP contribution >= 0.6 is 11.3 Å². The van der Waals surface area contributed by atoms with E-state index in [1.807, 2.05) is 5.38 Å². The van der Waals surface area contributed by atoms with Gasteiger partial charge in [-0.15, -0.1) is 11.3 Å². The van der Waals surface area contributed by atoms with Crippen LogP contribution in [0.25, 0.3) is 21.3 Å². The number of rotatable bonds is 3. The minimum atomic E-state index is -0.493. The maximum atomic E-state index is 12.3. The fraction of sp³-hybridized carbons (Fsp3) is 0.0714. The van der Waals surface area contributed by atoms with Gasteiger partial charge in [0.05, 0.1) is 16.8 Å². The molecule has 3 heterocycles. The number of nitro benzene ring substituents is 1. The summed E-state index contributed by atoms with van der Waals surface area (Å²) in [5.41, 5.74) is 1.25. The van der Waals surface area contributed by atoms with Crippen molar-refractivity contribution in [3.63, 3.8) is 0 Å². The first kappa shape index (κ1) is 13.6. The zero-order valence-corrected chi connectivity index (χ0v) is 12.3. The second-order valence-electron chi connectivity index (χ2n) is 4.83. The summed E-state index contributed by atoms with van der Waals surface area (Å²) in [6.45, 7) is 0.113. The molecule has 0 aliphatic heterocycles. The zero-order valence-electron chi connectivity index (χ0n) is 11.5. The number of hydrogen-bond donors (Lipinski definition) is 0. The Morgan fingerprint density at radius 3 is 3.00 bits per heavy atom. The van der Waals surface area contributed by atoms with Crippen molar-refractivity contribution in [1.82, 2.24) is 14.5 Å². The monoisotopic (exact) mass is 328 g/mol. The summed E-state index contributed by atoms with van der Waals surface area (Å²) in [5.74, 6) is 0.292. The summed E-state index contributed by atoms with van der Waals surface area (Å²) in [6.07, 6.45) is 1.44. The lowest BCUT2D eigenvalue weighted by atomic mass is 10.3. The van der Waals surface area contributed by atoms with Crippen LogP contribution in [-0.2, 0) is 6.54 Å². The maximum Gasteiger partial charge on any atom is 0.271 e. The molecule has 0 radical (unpaired) electrons. The van der Waals surface area contributed by atoms with Gasteiger partial charge in [-0.05, 0) is 17.5 Å². The Labute approximate surface area is 131 Å². The average Bonchev–Trinajstić information content (AvgIpc) is 3.15. The summed E-state index contributed by atoms with van der Waals surface area (Å²) >= 11 is 1.33. The highest BCUT2D eigenvalue weighted by Gasteiger charge is 2.13. The van der Waals surface area contributed by atoms with Crippen molar-refractivity contribution in [2.24, 2.45) is 0 Å². The smallest absolute Gasteiger partial charge is 0.271 e. The molecule has 0 aliphatic rings. The van der Waals surface area contributed by atoms with Gasteiger partial charge in [-0.3, -0.25) is 19.5 Å². The van der Waals surface area contributed by atoms with Crippen LogP contribution in [0.15, 0.2) is 45.2 Å². The number of benzene rings is 1. The van der Waals surface area contributed by atoms with E-state index >= 15 is 0 Å².